The minimum absolute atomic E-state index is 0.320. The highest BCUT2D eigenvalue weighted by Gasteiger charge is 2.12. The summed E-state index contributed by atoms with van der Waals surface area (Å²) < 4.78 is 5.19. The summed E-state index contributed by atoms with van der Waals surface area (Å²) in [5.41, 5.74) is 2.36. The molecule has 1 aromatic rings. The molecule has 0 aliphatic carbocycles. The summed E-state index contributed by atoms with van der Waals surface area (Å²) in [6.07, 6.45) is 1.15. The molecule has 19 heavy (non-hydrogen) atoms. The summed E-state index contributed by atoms with van der Waals surface area (Å²) in [6, 6.07) is 4.57. The van der Waals surface area contributed by atoms with E-state index in [0.29, 0.717) is 12.6 Å². The van der Waals surface area contributed by atoms with Crippen molar-refractivity contribution >= 4 is 5.82 Å². The van der Waals surface area contributed by atoms with Gasteiger partial charge in [0.2, 0.25) is 0 Å². The monoisotopic (exact) mass is 265 g/mol. The normalized spacial score (nSPS) is 12.5. The van der Waals surface area contributed by atoms with Gasteiger partial charge in [-0.1, -0.05) is 13.0 Å². The molecule has 1 atom stereocenters. The second kappa shape index (κ2) is 8.12. The van der Waals surface area contributed by atoms with E-state index in [0.717, 1.165) is 31.0 Å². The molecule has 0 spiro atoms. The summed E-state index contributed by atoms with van der Waals surface area (Å²) in [5, 5.41) is 3.41. The maximum absolute atomic E-state index is 5.19. The summed E-state index contributed by atoms with van der Waals surface area (Å²) in [6.45, 7) is 9.03. The van der Waals surface area contributed by atoms with E-state index in [4.69, 9.17) is 4.74 Å². The predicted molar refractivity (Wildman–Crippen MR) is 80.7 cm³/mol. The zero-order valence-electron chi connectivity index (χ0n) is 12.9. The minimum atomic E-state index is 0.320. The summed E-state index contributed by atoms with van der Waals surface area (Å²) in [5.74, 6) is 1.00. The highest BCUT2D eigenvalue weighted by molar-refractivity contribution is 5.41. The van der Waals surface area contributed by atoms with Crippen LogP contribution in [0.25, 0.3) is 0 Å². The van der Waals surface area contributed by atoms with E-state index in [-0.39, 0.29) is 0 Å². The highest BCUT2D eigenvalue weighted by atomic mass is 16.5. The Morgan fingerprint density at radius 1 is 1.42 bits per heavy atom. The fraction of sp³-hybridized carbons (Fsp3) is 0.667. The van der Waals surface area contributed by atoms with Crippen LogP contribution in [0.5, 0.6) is 0 Å². The van der Waals surface area contributed by atoms with Crippen LogP contribution in [0.4, 0.5) is 5.82 Å². The standard InChI is InChI=1S/C15H27N3O/c1-6-9-16-10-14-7-8-15(17-13(14)3)18(4)12(2)11-19-5/h7-8,12,16H,6,9-11H2,1-5H3. The maximum Gasteiger partial charge on any atom is 0.128 e. The smallest absolute Gasteiger partial charge is 0.128 e. The molecule has 4 nitrogen and oxygen atoms in total. The number of pyridine rings is 1. The van der Waals surface area contributed by atoms with Gasteiger partial charge in [-0.2, -0.15) is 0 Å². The van der Waals surface area contributed by atoms with Gasteiger partial charge in [0.1, 0.15) is 5.82 Å². The first kappa shape index (κ1) is 15.9. The highest BCUT2D eigenvalue weighted by Crippen LogP contribution is 2.16. The molecule has 1 aromatic heterocycles. The summed E-state index contributed by atoms with van der Waals surface area (Å²) in [4.78, 5) is 6.84. The molecule has 1 heterocycles. The van der Waals surface area contributed by atoms with Crippen LogP contribution in [0.3, 0.4) is 0 Å². The Hall–Kier alpha value is -1.13. The van der Waals surface area contributed by atoms with Crippen LogP contribution in [0, 0.1) is 6.92 Å². The van der Waals surface area contributed by atoms with E-state index >= 15 is 0 Å². The van der Waals surface area contributed by atoms with E-state index in [2.05, 4.69) is 55.2 Å². The first-order valence-electron chi connectivity index (χ1n) is 6.99. The van der Waals surface area contributed by atoms with Crippen LogP contribution in [0.2, 0.25) is 0 Å². The second-order valence-electron chi connectivity index (χ2n) is 5.01. The lowest BCUT2D eigenvalue weighted by atomic mass is 10.2. The lowest BCUT2D eigenvalue weighted by molar-refractivity contribution is 0.183. The number of hydrogen-bond acceptors (Lipinski definition) is 4. The summed E-state index contributed by atoms with van der Waals surface area (Å²) >= 11 is 0. The summed E-state index contributed by atoms with van der Waals surface area (Å²) in [7, 11) is 3.78. The number of rotatable bonds is 8. The van der Waals surface area contributed by atoms with Crippen LogP contribution in [-0.4, -0.2) is 38.3 Å². The van der Waals surface area contributed by atoms with E-state index < -0.39 is 0 Å². The Labute approximate surface area is 117 Å². The van der Waals surface area contributed by atoms with Crippen molar-refractivity contribution in [3.63, 3.8) is 0 Å². The third-order valence-electron chi connectivity index (χ3n) is 3.35. The van der Waals surface area contributed by atoms with Crippen LogP contribution in [-0.2, 0) is 11.3 Å². The number of nitrogens with zero attached hydrogens (tertiary/aromatic N) is 2. The van der Waals surface area contributed by atoms with Crippen LogP contribution >= 0.6 is 0 Å². The minimum Gasteiger partial charge on any atom is -0.383 e. The molecular weight excluding hydrogens is 238 g/mol. The Balaban J connectivity index is 2.70. The first-order chi connectivity index (χ1) is 9.10. The molecule has 4 heteroatoms. The van der Waals surface area contributed by atoms with Crippen molar-refractivity contribution < 1.29 is 4.74 Å². The molecule has 0 aliphatic rings. The lowest BCUT2D eigenvalue weighted by Gasteiger charge is -2.26. The van der Waals surface area contributed by atoms with E-state index in [9.17, 15) is 0 Å². The van der Waals surface area contributed by atoms with Gasteiger partial charge in [-0.15, -0.1) is 0 Å². The predicted octanol–water partition coefficient (Wildman–Crippen LogP) is 2.36. The Morgan fingerprint density at radius 3 is 2.74 bits per heavy atom. The average Bonchev–Trinajstić information content (AvgIpc) is 2.40. The molecular formula is C15H27N3O. The Bertz CT molecular complexity index is 382. The van der Waals surface area contributed by atoms with Gasteiger partial charge < -0.3 is 15.0 Å². The number of anilines is 1. The van der Waals surface area contributed by atoms with Gasteiger partial charge >= 0.3 is 0 Å². The fourth-order valence-electron chi connectivity index (χ4n) is 1.94. The molecule has 1 unspecified atom stereocenters. The molecule has 108 valence electrons. The van der Waals surface area contributed by atoms with Crippen molar-refractivity contribution in [3.05, 3.63) is 23.4 Å². The zero-order valence-corrected chi connectivity index (χ0v) is 12.9. The molecule has 0 saturated carbocycles. The van der Waals surface area contributed by atoms with Gasteiger partial charge in [0, 0.05) is 26.4 Å². The molecule has 1 rings (SSSR count). The van der Waals surface area contributed by atoms with Gasteiger partial charge in [-0.05, 0) is 38.4 Å². The number of methoxy groups -OCH3 is 1. The van der Waals surface area contributed by atoms with Gasteiger partial charge in [0.25, 0.3) is 0 Å². The molecule has 0 saturated heterocycles. The van der Waals surface area contributed by atoms with E-state index in [1.54, 1.807) is 7.11 Å². The molecule has 0 radical (unpaired) electrons. The zero-order chi connectivity index (χ0) is 14.3. The third-order valence-corrected chi connectivity index (χ3v) is 3.35. The van der Waals surface area contributed by atoms with Crippen molar-refractivity contribution in [2.75, 3.05) is 32.2 Å². The number of nitrogens with one attached hydrogen (secondary N) is 1. The van der Waals surface area contributed by atoms with Crippen molar-refractivity contribution in [2.24, 2.45) is 0 Å². The van der Waals surface area contributed by atoms with Gasteiger partial charge in [-0.3, -0.25) is 0 Å². The lowest BCUT2D eigenvalue weighted by Crippen LogP contribution is -2.33. The average molecular weight is 265 g/mol. The molecule has 0 fully saturated rings. The molecule has 0 aliphatic heterocycles. The number of aryl methyl sites for hydroxylation is 1. The van der Waals surface area contributed by atoms with Crippen LogP contribution < -0.4 is 10.2 Å². The van der Waals surface area contributed by atoms with Crippen molar-refractivity contribution in [1.29, 1.82) is 0 Å². The number of ether oxygens (including phenoxy) is 1. The Morgan fingerprint density at radius 2 is 2.16 bits per heavy atom. The van der Waals surface area contributed by atoms with E-state index in [1.165, 1.54) is 5.56 Å². The van der Waals surface area contributed by atoms with E-state index in [1.807, 2.05) is 0 Å². The number of aromatic nitrogens is 1. The van der Waals surface area contributed by atoms with Gasteiger partial charge in [0.15, 0.2) is 0 Å². The van der Waals surface area contributed by atoms with Gasteiger partial charge in [0.05, 0.1) is 12.6 Å². The Kier molecular flexibility index (Phi) is 6.81. The van der Waals surface area contributed by atoms with Gasteiger partial charge in [-0.25, -0.2) is 4.98 Å². The molecule has 0 aromatic carbocycles. The topological polar surface area (TPSA) is 37.4 Å². The number of hydrogen-bond donors (Lipinski definition) is 1. The fourth-order valence-corrected chi connectivity index (χ4v) is 1.94. The van der Waals surface area contributed by atoms with Crippen molar-refractivity contribution in [1.82, 2.24) is 10.3 Å². The largest absolute Gasteiger partial charge is 0.383 e. The number of likely N-dealkylation sites (N-methyl/N-ethyl adjacent to an activating group) is 1. The first-order valence-corrected chi connectivity index (χ1v) is 6.99. The third kappa shape index (κ3) is 4.80. The van der Waals surface area contributed by atoms with Crippen molar-refractivity contribution in [3.8, 4) is 0 Å². The van der Waals surface area contributed by atoms with Crippen LogP contribution in [0.1, 0.15) is 31.5 Å². The quantitative estimate of drug-likeness (QED) is 0.732. The van der Waals surface area contributed by atoms with Crippen LogP contribution in [0.15, 0.2) is 12.1 Å². The molecule has 0 amide bonds. The maximum atomic E-state index is 5.19. The SMILES string of the molecule is CCCNCc1ccc(N(C)C(C)COC)nc1C. The second-order valence-corrected chi connectivity index (χ2v) is 5.01. The molecule has 0 bridgehead atoms. The molecule has 1 N–H and O–H groups in total. The van der Waals surface area contributed by atoms with Crippen molar-refractivity contribution in [2.45, 2.75) is 39.8 Å².